The van der Waals surface area contributed by atoms with Crippen LogP contribution in [0.4, 0.5) is 4.79 Å². The summed E-state index contributed by atoms with van der Waals surface area (Å²) in [6.45, 7) is 12.4. The van der Waals surface area contributed by atoms with Gasteiger partial charge in [0.2, 0.25) is 5.91 Å². The first-order valence-electron chi connectivity index (χ1n) is 7.89. The number of hydrogen-bond acceptors (Lipinski definition) is 4. The van der Waals surface area contributed by atoms with E-state index in [1.54, 1.807) is 33.8 Å². The summed E-state index contributed by atoms with van der Waals surface area (Å²) in [6.07, 6.45) is 3.19. The second-order valence-electron chi connectivity index (χ2n) is 7.08. The number of allylic oxidation sites excluding steroid dienone is 1. The monoisotopic (exact) mass is 326 g/mol. The van der Waals surface area contributed by atoms with Crippen LogP contribution in [0.1, 0.15) is 54.9 Å². The molecule has 6 heteroatoms. The summed E-state index contributed by atoms with van der Waals surface area (Å²) < 4.78 is 5.12. The Hall–Kier alpha value is -1.85. The fourth-order valence-corrected chi connectivity index (χ4v) is 1.80. The second kappa shape index (κ2) is 9.33. The predicted octanol–water partition coefficient (Wildman–Crippen LogP) is 2.58. The summed E-state index contributed by atoms with van der Waals surface area (Å²) in [5, 5.41) is 5.32. The number of amides is 2. The van der Waals surface area contributed by atoms with Crippen LogP contribution in [0.3, 0.4) is 0 Å². The highest BCUT2D eigenvalue weighted by Crippen LogP contribution is 2.08. The van der Waals surface area contributed by atoms with E-state index in [0.717, 1.165) is 0 Å². The molecule has 0 aliphatic heterocycles. The lowest BCUT2D eigenvalue weighted by Crippen LogP contribution is -2.49. The average molecular weight is 326 g/mol. The van der Waals surface area contributed by atoms with Gasteiger partial charge in [-0.3, -0.25) is 9.59 Å². The van der Waals surface area contributed by atoms with Gasteiger partial charge in [0, 0.05) is 6.04 Å². The molecule has 0 bridgehead atoms. The van der Waals surface area contributed by atoms with Gasteiger partial charge in [-0.1, -0.05) is 19.9 Å². The largest absolute Gasteiger partial charge is 0.444 e. The lowest BCUT2D eigenvalue weighted by atomic mass is 10.0. The van der Waals surface area contributed by atoms with E-state index in [1.807, 2.05) is 13.8 Å². The fourth-order valence-electron chi connectivity index (χ4n) is 1.80. The molecule has 0 saturated carbocycles. The Labute approximate surface area is 139 Å². The van der Waals surface area contributed by atoms with Crippen LogP contribution < -0.4 is 10.6 Å². The molecular formula is C17H30N2O4. The number of carbonyl (C=O) groups is 3. The molecular weight excluding hydrogens is 296 g/mol. The third-order valence-electron chi connectivity index (χ3n) is 2.74. The van der Waals surface area contributed by atoms with Gasteiger partial charge in [-0.05, 0) is 53.0 Å². The lowest BCUT2D eigenvalue weighted by molar-refractivity contribution is -0.123. The molecule has 0 aromatic carbocycles. The van der Waals surface area contributed by atoms with Gasteiger partial charge in [0.25, 0.3) is 0 Å². The molecule has 0 aliphatic rings. The van der Waals surface area contributed by atoms with Crippen LogP contribution in [0.25, 0.3) is 0 Å². The van der Waals surface area contributed by atoms with Crippen LogP contribution >= 0.6 is 0 Å². The highest BCUT2D eigenvalue weighted by Gasteiger charge is 2.22. The maximum absolute atomic E-state index is 12.2. The quantitative estimate of drug-likeness (QED) is 0.704. The Bertz CT molecular complexity index is 450. The molecule has 2 unspecified atom stereocenters. The van der Waals surface area contributed by atoms with Crippen molar-refractivity contribution in [2.75, 3.05) is 0 Å². The van der Waals surface area contributed by atoms with Gasteiger partial charge in [-0.25, -0.2) is 4.79 Å². The second-order valence-corrected chi connectivity index (χ2v) is 7.08. The maximum atomic E-state index is 12.2. The molecule has 0 aromatic heterocycles. The standard InChI is InChI=1S/C17H30N2O4/c1-11(2)10-14(9-8-12(3)20)19-15(21)13(4)18-16(22)23-17(5,6)7/h8-9,11,13-14H,10H2,1-7H3,(H,18,22)(H,19,21)/b9-8+. The van der Waals surface area contributed by atoms with E-state index in [0.29, 0.717) is 12.3 Å². The third kappa shape index (κ3) is 11.4. The third-order valence-corrected chi connectivity index (χ3v) is 2.74. The van der Waals surface area contributed by atoms with E-state index in [-0.39, 0.29) is 17.7 Å². The van der Waals surface area contributed by atoms with Crippen molar-refractivity contribution in [3.8, 4) is 0 Å². The first-order valence-corrected chi connectivity index (χ1v) is 7.89. The van der Waals surface area contributed by atoms with Crippen molar-refractivity contribution in [1.29, 1.82) is 0 Å². The molecule has 0 radical (unpaired) electrons. The van der Waals surface area contributed by atoms with Gasteiger partial charge in [0.15, 0.2) is 5.78 Å². The van der Waals surface area contributed by atoms with E-state index < -0.39 is 17.7 Å². The molecule has 2 amide bonds. The maximum Gasteiger partial charge on any atom is 0.408 e. The highest BCUT2D eigenvalue weighted by atomic mass is 16.6. The van der Waals surface area contributed by atoms with Gasteiger partial charge in [0.1, 0.15) is 11.6 Å². The summed E-state index contributed by atoms with van der Waals surface area (Å²) in [6, 6.07) is -0.987. The van der Waals surface area contributed by atoms with Crippen molar-refractivity contribution >= 4 is 17.8 Å². The molecule has 0 rings (SSSR count). The van der Waals surface area contributed by atoms with Crippen LogP contribution in [0.15, 0.2) is 12.2 Å². The first kappa shape index (κ1) is 21.1. The summed E-state index contributed by atoms with van der Waals surface area (Å²) in [5.41, 5.74) is -0.620. The average Bonchev–Trinajstić information content (AvgIpc) is 2.32. The Balaban J connectivity index is 4.65. The fraction of sp³-hybridized carbons (Fsp3) is 0.706. The molecule has 2 N–H and O–H groups in total. The summed E-state index contributed by atoms with van der Waals surface area (Å²) in [5.74, 6) is -0.0475. The molecule has 2 atom stereocenters. The van der Waals surface area contributed by atoms with Gasteiger partial charge in [-0.2, -0.15) is 0 Å². The number of ether oxygens (including phenoxy) is 1. The Morgan fingerprint density at radius 3 is 2.09 bits per heavy atom. The van der Waals surface area contributed by atoms with Crippen LogP contribution in [-0.4, -0.2) is 35.5 Å². The van der Waals surface area contributed by atoms with Crippen molar-refractivity contribution in [2.45, 2.75) is 72.6 Å². The topological polar surface area (TPSA) is 84.5 Å². The van der Waals surface area contributed by atoms with Crippen molar-refractivity contribution in [3.63, 3.8) is 0 Å². The SMILES string of the molecule is CC(=O)/C=C/C(CC(C)C)NC(=O)C(C)NC(=O)OC(C)(C)C. The van der Waals surface area contributed by atoms with Crippen molar-refractivity contribution in [2.24, 2.45) is 5.92 Å². The zero-order chi connectivity index (χ0) is 18.2. The van der Waals surface area contributed by atoms with Crippen LogP contribution in [0.2, 0.25) is 0 Å². The molecule has 0 saturated heterocycles. The molecule has 0 fully saturated rings. The van der Waals surface area contributed by atoms with Gasteiger partial charge >= 0.3 is 6.09 Å². The molecule has 0 aromatic rings. The number of carbonyl (C=O) groups excluding carboxylic acids is 3. The Morgan fingerprint density at radius 1 is 1.09 bits per heavy atom. The number of rotatable bonds is 7. The summed E-state index contributed by atoms with van der Waals surface area (Å²) >= 11 is 0. The zero-order valence-corrected chi connectivity index (χ0v) is 15.2. The minimum Gasteiger partial charge on any atom is -0.444 e. The molecule has 0 spiro atoms. The van der Waals surface area contributed by atoms with Crippen LogP contribution in [0.5, 0.6) is 0 Å². The van der Waals surface area contributed by atoms with Crippen molar-refractivity contribution < 1.29 is 19.1 Å². The number of ketones is 1. The van der Waals surface area contributed by atoms with Crippen LogP contribution in [-0.2, 0) is 14.3 Å². The van der Waals surface area contributed by atoms with Gasteiger partial charge in [-0.15, -0.1) is 0 Å². The van der Waals surface area contributed by atoms with E-state index in [4.69, 9.17) is 4.74 Å². The lowest BCUT2D eigenvalue weighted by Gasteiger charge is -2.23. The molecule has 23 heavy (non-hydrogen) atoms. The number of hydrogen-bond donors (Lipinski definition) is 2. The number of alkyl carbamates (subject to hydrolysis) is 1. The van der Waals surface area contributed by atoms with E-state index in [2.05, 4.69) is 10.6 Å². The van der Waals surface area contributed by atoms with E-state index in [1.165, 1.54) is 13.0 Å². The van der Waals surface area contributed by atoms with Crippen molar-refractivity contribution in [1.82, 2.24) is 10.6 Å². The highest BCUT2D eigenvalue weighted by molar-refractivity contribution is 5.88. The minimum atomic E-state index is -0.731. The van der Waals surface area contributed by atoms with E-state index >= 15 is 0 Å². The van der Waals surface area contributed by atoms with Gasteiger partial charge in [0.05, 0.1) is 0 Å². The predicted molar refractivity (Wildman–Crippen MR) is 90.0 cm³/mol. The minimum absolute atomic E-state index is 0.0760. The van der Waals surface area contributed by atoms with Crippen LogP contribution in [0, 0.1) is 5.92 Å². The summed E-state index contributed by atoms with van der Waals surface area (Å²) in [7, 11) is 0. The number of nitrogens with one attached hydrogen (secondary N) is 2. The van der Waals surface area contributed by atoms with E-state index in [9.17, 15) is 14.4 Å². The Kier molecular flexibility index (Phi) is 8.58. The summed E-state index contributed by atoms with van der Waals surface area (Å²) in [4.78, 5) is 34.9. The Morgan fingerprint density at radius 2 is 1.65 bits per heavy atom. The van der Waals surface area contributed by atoms with Gasteiger partial charge < -0.3 is 15.4 Å². The molecule has 0 heterocycles. The zero-order valence-electron chi connectivity index (χ0n) is 15.2. The molecule has 0 aliphatic carbocycles. The first-order chi connectivity index (χ1) is 10.4. The normalized spacial score (nSPS) is 14.4. The smallest absolute Gasteiger partial charge is 0.408 e. The van der Waals surface area contributed by atoms with Crippen molar-refractivity contribution in [3.05, 3.63) is 12.2 Å². The molecule has 132 valence electrons. The molecule has 6 nitrogen and oxygen atoms in total.